The van der Waals surface area contributed by atoms with E-state index in [9.17, 15) is 9.90 Å². The molecule has 2 N–H and O–H groups in total. The van der Waals surface area contributed by atoms with E-state index in [1.807, 2.05) is 0 Å². The highest BCUT2D eigenvalue weighted by Crippen LogP contribution is 2.30. The van der Waals surface area contributed by atoms with Crippen molar-refractivity contribution in [2.75, 3.05) is 6.26 Å². The third-order valence-electron chi connectivity index (χ3n) is 2.22. The van der Waals surface area contributed by atoms with E-state index in [1.54, 1.807) is 30.5 Å². The number of hydrogen-bond donors (Lipinski definition) is 2. The Labute approximate surface area is 107 Å². The summed E-state index contributed by atoms with van der Waals surface area (Å²) in [4.78, 5) is 18.3. The Bertz CT molecular complexity index is 613. The van der Waals surface area contributed by atoms with E-state index >= 15 is 0 Å². The van der Waals surface area contributed by atoms with Crippen molar-refractivity contribution >= 4 is 23.4 Å². The summed E-state index contributed by atoms with van der Waals surface area (Å²) < 4.78 is 0. The Balaban J connectivity index is 2.69. The first kappa shape index (κ1) is 12.0. The third-order valence-corrected chi connectivity index (χ3v) is 3.12. The molecule has 0 atom stereocenters. The summed E-state index contributed by atoms with van der Waals surface area (Å²) >= 11 is 7.23. The Kier molecular flexibility index (Phi) is 3.40. The second-order valence-electron chi connectivity index (χ2n) is 3.25. The maximum absolute atomic E-state index is 11.8. The van der Waals surface area contributed by atoms with Gasteiger partial charge in [-0.2, -0.15) is 4.98 Å². The minimum Gasteiger partial charge on any atom is -0.493 e. The van der Waals surface area contributed by atoms with Crippen molar-refractivity contribution < 1.29 is 5.11 Å². The van der Waals surface area contributed by atoms with Crippen LogP contribution in [0, 0.1) is 0 Å². The van der Waals surface area contributed by atoms with E-state index in [-0.39, 0.29) is 11.4 Å². The summed E-state index contributed by atoms with van der Waals surface area (Å²) in [5, 5.41) is 10.5. The fourth-order valence-corrected chi connectivity index (χ4v) is 2.05. The lowest BCUT2D eigenvalue weighted by atomic mass is 10.1. The Morgan fingerprint density at radius 1 is 1.41 bits per heavy atom. The minimum atomic E-state index is -0.407. The molecule has 1 aromatic heterocycles. The SMILES string of the molecule is CSc1nc(O)c(-c2ccccc2Cl)c(=O)[nH]1. The highest BCUT2D eigenvalue weighted by Gasteiger charge is 2.14. The third kappa shape index (κ3) is 2.30. The average molecular weight is 269 g/mol. The van der Waals surface area contributed by atoms with Crippen LogP contribution in [0.25, 0.3) is 11.1 Å². The minimum absolute atomic E-state index is 0.0911. The van der Waals surface area contributed by atoms with Crippen molar-refractivity contribution in [3.05, 3.63) is 39.6 Å². The van der Waals surface area contributed by atoms with Crippen LogP contribution in [0.15, 0.2) is 34.2 Å². The highest BCUT2D eigenvalue weighted by atomic mass is 35.5. The van der Waals surface area contributed by atoms with Crippen LogP contribution < -0.4 is 5.56 Å². The molecule has 4 nitrogen and oxygen atoms in total. The van der Waals surface area contributed by atoms with E-state index in [0.717, 1.165) is 0 Å². The maximum atomic E-state index is 11.8. The van der Waals surface area contributed by atoms with Gasteiger partial charge in [0.15, 0.2) is 5.16 Å². The predicted octanol–water partition coefficient (Wildman–Crippen LogP) is 2.52. The number of rotatable bonds is 2. The van der Waals surface area contributed by atoms with Crippen molar-refractivity contribution in [3.8, 4) is 17.0 Å². The number of thioether (sulfide) groups is 1. The number of benzene rings is 1. The summed E-state index contributed by atoms with van der Waals surface area (Å²) in [5.74, 6) is -0.314. The topological polar surface area (TPSA) is 66.0 Å². The molecule has 1 aromatic carbocycles. The zero-order valence-electron chi connectivity index (χ0n) is 8.90. The number of hydrogen-bond acceptors (Lipinski definition) is 4. The van der Waals surface area contributed by atoms with Gasteiger partial charge in [0.2, 0.25) is 5.88 Å². The summed E-state index contributed by atoms with van der Waals surface area (Å²) in [7, 11) is 0. The molecule has 0 unspecified atom stereocenters. The van der Waals surface area contributed by atoms with Gasteiger partial charge < -0.3 is 10.1 Å². The molecule has 0 aliphatic rings. The second-order valence-corrected chi connectivity index (χ2v) is 4.46. The van der Waals surface area contributed by atoms with Gasteiger partial charge in [0, 0.05) is 10.6 Å². The maximum Gasteiger partial charge on any atom is 0.263 e. The number of aromatic amines is 1. The zero-order valence-corrected chi connectivity index (χ0v) is 10.5. The van der Waals surface area contributed by atoms with Gasteiger partial charge in [0.25, 0.3) is 5.56 Å². The molecule has 17 heavy (non-hydrogen) atoms. The number of halogens is 1. The van der Waals surface area contributed by atoms with E-state index in [4.69, 9.17) is 11.6 Å². The van der Waals surface area contributed by atoms with Crippen molar-refractivity contribution in [2.45, 2.75) is 5.16 Å². The van der Waals surface area contributed by atoms with Gasteiger partial charge in [-0.3, -0.25) is 4.79 Å². The van der Waals surface area contributed by atoms with Crippen molar-refractivity contribution in [3.63, 3.8) is 0 Å². The number of H-pyrrole nitrogens is 1. The summed E-state index contributed by atoms with van der Waals surface area (Å²) in [6, 6.07) is 6.80. The van der Waals surface area contributed by atoms with Crippen LogP contribution in [0.4, 0.5) is 0 Å². The molecule has 6 heteroatoms. The summed E-state index contributed by atoms with van der Waals surface area (Å²) in [6.45, 7) is 0. The number of nitrogens with one attached hydrogen (secondary N) is 1. The fourth-order valence-electron chi connectivity index (χ4n) is 1.44. The molecule has 0 amide bonds. The molecule has 2 aromatic rings. The van der Waals surface area contributed by atoms with E-state index in [0.29, 0.717) is 15.7 Å². The zero-order chi connectivity index (χ0) is 12.4. The number of aromatic nitrogens is 2. The van der Waals surface area contributed by atoms with Gasteiger partial charge in [-0.05, 0) is 12.3 Å². The van der Waals surface area contributed by atoms with Gasteiger partial charge >= 0.3 is 0 Å². The van der Waals surface area contributed by atoms with Crippen LogP contribution in [0.2, 0.25) is 5.02 Å². The highest BCUT2D eigenvalue weighted by molar-refractivity contribution is 7.98. The van der Waals surface area contributed by atoms with Crippen LogP contribution >= 0.6 is 23.4 Å². The standard InChI is InChI=1S/C11H9ClN2O2S/c1-17-11-13-9(15)8(10(16)14-11)6-4-2-3-5-7(6)12/h2-5H,1H3,(H2,13,14,15,16). The Morgan fingerprint density at radius 3 is 2.71 bits per heavy atom. The number of aromatic hydroxyl groups is 1. The van der Waals surface area contributed by atoms with Crippen LogP contribution in [-0.4, -0.2) is 21.3 Å². The summed E-state index contributed by atoms with van der Waals surface area (Å²) in [5.41, 5.74) is 0.149. The Morgan fingerprint density at radius 2 is 2.12 bits per heavy atom. The lowest BCUT2D eigenvalue weighted by Gasteiger charge is -2.06. The van der Waals surface area contributed by atoms with Gasteiger partial charge in [-0.25, -0.2) is 0 Å². The van der Waals surface area contributed by atoms with Crippen LogP contribution in [0.1, 0.15) is 0 Å². The molecule has 0 radical (unpaired) electrons. The first-order valence-electron chi connectivity index (χ1n) is 4.75. The molecule has 88 valence electrons. The van der Waals surface area contributed by atoms with Gasteiger partial charge in [0.1, 0.15) is 5.56 Å². The molecule has 0 spiro atoms. The molecular weight excluding hydrogens is 260 g/mol. The van der Waals surface area contributed by atoms with Gasteiger partial charge in [0.05, 0.1) is 0 Å². The van der Waals surface area contributed by atoms with E-state index in [2.05, 4.69) is 9.97 Å². The van der Waals surface area contributed by atoms with Gasteiger partial charge in [-0.1, -0.05) is 41.6 Å². The van der Waals surface area contributed by atoms with Crippen molar-refractivity contribution in [1.82, 2.24) is 9.97 Å². The smallest absolute Gasteiger partial charge is 0.263 e. The molecule has 2 rings (SSSR count). The normalized spacial score (nSPS) is 10.5. The van der Waals surface area contributed by atoms with Crippen LogP contribution in [-0.2, 0) is 0 Å². The molecule has 0 aliphatic carbocycles. The van der Waals surface area contributed by atoms with Crippen LogP contribution in [0.5, 0.6) is 5.88 Å². The van der Waals surface area contributed by atoms with Crippen LogP contribution in [0.3, 0.4) is 0 Å². The van der Waals surface area contributed by atoms with Gasteiger partial charge in [-0.15, -0.1) is 0 Å². The molecular formula is C11H9ClN2O2S. The predicted molar refractivity (Wildman–Crippen MR) is 68.7 cm³/mol. The lowest BCUT2D eigenvalue weighted by molar-refractivity contribution is 0.446. The largest absolute Gasteiger partial charge is 0.493 e. The Hall–Kier alpha value is -1.46. The molecule has 1 heterocycles. The lowest BCUT2D eigenvalue weighted by Crippen LogP contribution is -2.11. The average Bonchev–Trinajstić information content (AvgIpc) is 2.30. The number of nitrogens with zero attached hydrogens (tertiary/aromatic N) is 1. The second kappa shape index (κ2) is 4.81. The van der Waals surface area contributed by atoms with Crippen molar-refractivity contribution in [1.29, 1.82) is 0 Å². The molecule has 0 aliphatic heterocycles. The molecule has 0 bridgehead atoms. The first-order chi connectivity index (χ1) is 8.13. The summed E-state index contributed by atoms with van der Waals surface area (Å²) in [6.07, 6.45) is 1.76. The van der Waals surface area contributed by atoms with E-state index in [1.165, 1.54) is 11.8 Å². The molecule has 0 fully saturated rings. The van der Waals surface area contributed by atoms with E-state index < -0.39 is 5.56 Å². The molecule has 0 saturated carbocycles. The quantitative estimate of drug-likeness (QED) is 0.649. The molecule has 0 saturated heterocycles. The first-order valence-corrected chi connectivity index (χ1v) is 6.36. The monoisotopic (exact) mass is 268 g/mol. The fraction of sp³-hybridized carbons (Fsp3) is 0.0909. The van der Waals surface area contributed by atoms with Crippen molar-refractivity contribution in [2.24, 2.45) is 0 Å².